The van der Waals surface area contributed by atoms with E-state index in [0.29, 0.717) is 5.88 Å². The molecular formula is C22H26N2O2. The number of ether oxygens (including phenoxy) is 1. The highest BCUT2D eigenvalue weighted by molar-refractivity contribution is 6.04. The number of aromatic nitrogens is 1. The van der Waals surface area contributed by atoms with Crippen LogP contribution in [0.5, 0.6) is 5.88 Å². The SMILES string of the molecule is COc1ncccc1-c1cc2c(c3c1CCC3)NC(C)(C)C(=O)C2(C)C. The number of anilines is 1. The molecule has 136 valence electrons. The fourth-order valence-corrected chi connectivity index (χ4v) is 4.69. The maximum atomic E-state index is 13.1. The second kappa shape index (κ2) is 5.57. The van der Waals surface area contributed by atoms with Crippen LogP contribution in [-0.4, -0.2) is 23.4 Å². The Bertz CT molecular complexity index is 913. The van der Waals surface area contributed by atoms with Gasteiger partial charge < -0.3 is 10.1 Å². The molecule has 1 aliphatic carbocycles. The number of methoxy groups -OCH3 is 1. The second-order valence-corrected chi connectivity index (χ2v) is 8.42. The molecular weight excluding hydrogens is 324 g/mol. The summed E-state index contributed by atoms with van der Waals surface area (Å²) in [7, 11) is 1.65. The van der Waals surface area contributed by atoms with E-state index in [1.165, 1.54) is 16.8 Å². The van der Waals surface area contributed by atoms with Crippen molar-refractivity contribution in [3.63, 3.8) is 0 Å². The van der Waals surface area contributed by atoms with Crippen LogP contribution in [0.25, 0.3) is 11.1 Å². The Labute approximate surface area is 155 Å². The largest absolute Gasteiger partial charge is 0.481 e. The Morgan fingerprint density at radius 2 is 1.85 bits per heavy atom. The van der Waals surface area contributed by atoms with Crippen molar-refractivity contribution in [1.82, 2.24) is 4.98 Å². The predicted octanol–water partition coefficient (Wildman–Crippen LogP) is 4.30. The van der Waals surface area contributed by atoms with Gasteiger partial charge in [0.1, 0.15) is 0 Å². The standard InChI is InChI=1S/C22H26N2O2/c1-21(2)17-12-16(15-10-7-11-23-19(15)26-5)13-8-6-9-14(13)18(17)24-22(3,4)20(21)25/h7,10-12,24H,6,8-9H2,1-5H3. The normalized spacial score (nSPS) is 19.5. The van der Waals surface area contributed by atoms with Crippen molar-refractivity contribution < 1.29 is 9.53 Å². The molecule has 0 atom stereocenters. The summed E-state index contributed by atoms with van der Waals surface area (Å²) in [4.78, 5) is 17.5. The number of nitrogens with one attached hydrogen (secondary N) is 1. The van der Waals surface area contributed by atoms with Gasteiger partial charge in [0.05, 0.1) is 18.1 Å². The third kappa shape index (κ3) is 2.28. The van der Waals surface area contributed by atoms with Gasteiger partial charge in [0, 0.05) is 17.4 Å². The van der Waals surface area contributed by atoms with E-state index in [2.05, 4.69) is 22.4 Å². The van der Waals surface area contributed by atoms with Gasteiger partial charge in [0.2, 0.25) is 5.88 Å². The summed E-state index contributed by atoms with van der Waals surface area (Å²) in [6, 6.07) is 6.19. The van der Waals surface area contributed by atoms with Gasteiger partial charge in [0.15, 0.2) is 5.78 Å². The lowest BCUT2D eigenvalue weighted by molar-refractivity contribution is -0.127. The van der Waals surface area contributed by atoms with Crippen molar-refractivity contribution in [1.29, 1.82) is 0 Å². The van der Waals surface area contributed by atoms with Crippen molar-refractivity contribution in [2.75, 3.05) is 12.4 Å². The Morgan fingerprint density at radius 1 is 1.12 bits per heavy atom. The van der Waals surface area contributed by atoms with E-state index in [-0.39, 0.29) is 5.78 Å². The smallest absolute Gasteiger partial charge is 0.221 e. The molecule has 0 amide bonds. The van der Waals surface area contributed by atoms with Gasteiger partial charge in [-0.2, -0.15) is 0 Å². The minimum Gasteiger partial charge on any atom is -0.481 e. The molecule has 2 heterocycles. The molecule has 1 N–H and O–H groups in total. The number of ketones is 1. The van der Waals surface area contributed by atoms with Crippen molar-refractivity contribution in [2.45, 2.75) is 57.9 Å². The Hall–Kier alpha value is -2.36. The van der Waals surface area contributed by atoms with Crippen molar-refractivity contribution in [3.8, 4) is 17.0 Å². The highest BCUT2D eigenvalue weighted by Crippen LogP contribution is 2.49. The van der Waals surface area contributed by atoms with E-state index < -0.39 is 11.0 Å². The number of Topliss-reactive ketones (excluding diaryl/α,β-unsaturated/α-hetero) is 1. The first-order chi connectivity index (χ1) is 12.3. The van der Waals surface area contributed by atoms with E-state index in [1.807, 2.05) is 33.8 Å². The minimum absolute atomic E-state index is 0.222. The summed E-state index contributed by atoms with van der Waals surface area (Å²) in [5.74, 6) is 0.856. The number of rotatable bonds is 2. The molecule has 2 aromatic rings. The van der Waals surface area contributed by atoms with Crippen molar-refractivity contribution in [2.24, 2.45) is 0 Å². The average Bonchev–Trinajstić information content (AvgIpc) is 3.10. The number of carbonyl (C=O) groups is 1. The number of nitrogens with zero attached hydrogens (tertiary/aromatic N) is 1. The van der Waals surface area contributed by atoms with Crippen LogP contribution in [0.3, 0.4) is 0 Å². The molecule has 4 heteroatoms. The zero-order valence-electron chi connectivity index (χ0n) is 16.2. The number of hydrogen-bond donors (Lipinski definition) is 1. The minimum atomic E-state index is -0.555. The first-order valence-electron chi connectivity index (χ1n) is 9.29. The van der Waals surface area contributed by atoms with E-state index in [4.69, 9.17) is 4.74 Å². The second-order valence-electron chi connectivity index (χ2n) is 8.42. The molecule has 1 aromatic carbocycles. The summed E-state index contributed by atoms with van der Waals surface area (Å²) in [6.07, 6.45) is 4.98. The van der Waals surface area contributed by atoms with Gasteiger partial charge in [-0.25, -0.2) is 4.98 Å². The van der Waals surface area contributed by atoms with E-state index in [1.54, 1.807) is 13.3 Å². The Morgan fingerprint density at radius 3 is 2.58 bits per heavy atom. The molecule has 0 radical (unpaired) electrons. The Kier molecular flexibility index (Phi) is 3.66. The van der Waals surface area contributed by atoms with Gasteiger partial charge >= 0.3 is 0 Å². The lowest BCUT2D eigenvalue weighted by Gasteiger charge is -2.43. The summed E-state index contributed by atoms with van der Waals surface area (Å²) in [5, 5.41) is 3.55. The number of hydrogen-bond acceptors (Lipinski definition) is 4. The zero-order chi connectivity index (χ0) is 18.7. The third-order valence-corrected chi connectivity index (χ3v) is 5.90. The summed E-state index contributed by atoms with van der Waals surface area (Å²) < 4.78 is 5.52. The predicted molar refractivity (Wildman–Crippen MR) is 104 cm³/mol. The van der Waals surface area contributed by atoms with Crippen LogP contribution < -0.4 is 10.1 Å². The topological polar surface area (TPSA) is 51.2 Å². The molecule has 0 spiro atoms. The van der Waals surface area contributed by atoms with Gasteiger partial charge in [-0.1, -0.05) is 0 Å². The summed E-state index contributed by atoms with van der Waals surface area (Å²) in [5.41, 5.74) is 6.04. The first kappa shape index (κ1) is 17.1. The molecule has 0 unspecified atom stereocenters. The fourth-order valence-electron chi connectivity index (χ4n) is 4.69. The van der Waals surface area contributed by atoms with Crippen LogP contribution in [0.15, 0.2) is 24.4 Å². The van der Waals surface area contributed by atoms with Crippen LogP contribution in [0.1, 0.15) is 50.8 Å². The monoisotopic (exact) mass is 350 g/mol. The molecule has 1 aliphatic heterocycles. The lowest BCUT2D eigenvalue weighted by Crippen LogP contribution is -2.53. The third-order valence-electron chi connectivity index (χ3n) is 5.90. The Balaban J connectivity index is 2.03. The molecule has 2 aliphatic rings. The van der Waals surface area contributed by atoms with Crippen LogP contribution in [0.2, 0.25) is 0 Å². The molecule has 4 nitrogen and oxygen atoms in total. The molecule has 26 heavy (non-hydrogen) atoms. The molecule has 0 saturated carbocycles. The van der Waals surface area contributed by atoms with Crippen molar-refractivity contribution in [3.05, 3.63) is 41.1 Å². The van der Waals surface area contributed by atoms with Gasteiger partial charge in [-0.3, -0.25) is 4.79 Å². The first-order valence-corrected chi connectivity index (χ1v) is 9.29. The van der Waals surface area contributed by atoms with Gasteiger partial charge in [-0.05, 0) is 87.4 Å². The van der Waals surface area contributed by atoms with Gasteiger partial charge in [-0.15, -0.1) is 0 Å². The molecule has 0 bridgehead atoms. The van der Waals surface area contributed by atoms with E-state index in [0.717, 1.165) is 36.0 Å². The highest BCUT2D eigenvalue weighted by Gasteiger charge is 2.47. The number of carbonyl (C=O) groups excluding carboxylic acids is 1. The van der Waals surface area contributed by atoms with Crippen LogP contribution in [0, 0.1) is 0 Å². The number of pyridine rings is 1. The summed E-state index contributed by atoms with van der Waals surface area (Å²) >= 11 is 0. The van der Waals surface area contributed by atoms with E-state index >= 15 is 0 Å². The van der Waals surface area contributed by atoms with Gasteiger partial charge in [0.25, 0.3) is 0 Å². The fraction of sp³-hybridized carbons (Fsp3) is 0.455. The highest BCUT2D eigenvalue weighted by atomic mass is 16.5. The molecule has 4 rings (SSSR count). The molecule has 0 saturated heterocycles. The zero-order valence-corrected chi connectivity index (χ0v) is 16.2. The van der Waals surface area contributed by atoms with Crippen LogP contribution in [-0.2, 0) is 23.1 Å². The van der Waals surface area contributed by atoms with Crippen LogP contribution >= 0.6 is 0 Å². The molecule has 0 fully saturated rings. The van der Waals surface area contributed by atoms with Crippen molar-refractivity contribution >= 4 is 11.5 Å². The summed E-state index contributed by atoms with van der Waals surface area (Å²) in [6.45, 7) is 8.06. The van der Waals surface area contributed by atoms with Crippen LogP contribution in [0.4, 0.5) is 5.69 Å². The number of fused-ring (bicyclic) bond motifs is 3. The average molecular weight is 350 g/mol. The maximum absolute atomic E-state index is 13.1. The molecule has 1 aromatic heterocycles. The lowest BCUT2D eigenvalue weighted by atomic mass is 9.68. The number of benzene rings is 1. The van der Waals surface area contributed by atoms with E-state index in [9.17, 15) is 4.79 Å². The quantitative estimate of drug-likeness (QED) is 0.877. The maximum Gasteiger partial charge on any atom is 0.221 e.